The van der Waals surface area contributed by atoms with Crippen LogP contribution in [0.4, 0.5) is 5.69 Å². The van der Waals surface area contributed by atoms with Gasteiger partial charge in [0.05, 0.1) is 24.2 Å². The molecule has 1 aliphatic heterocycles. The van der Waals surface area contributed by atoms with Gasteiger partial charge in [0.25, 0.3) is 5.91 Å². The van der Waals surface area contributed by atoms with E-state index in [0.29, 0.717) is 24.1 Å². The number of rotatable bonds is 9. The molecule has 1 heterocycles. The number of benzene rings is 2. The van der Waals surface area contributed by atoms with Crippen molar-refractivity contribution < 1.29 is 48.8 Å². The maximum atomic E-state index is 13.6. The highest BCUT2D eigenvalue weighted by Gasteiger charge is 2.34. The number of carbonyl (C=O) groups excluding carboxylic acids is 2. The van der Waals surface area contributed by atoms with E-state index < -0.39 is 42.2 Å². The number of hydrogen-bond acceptors (Lipinski definition) is 8. The summed E-state index contributed by atoms with van der Waals surface area (Å²) in [5.74, 6) is -6.51. The Bertz CT molecular complexity index is 1370. The molecule has 14 heteroatoms. The highest BCUT2D eigenvalue weighted by molar-refractivity contribution is 6.02. The number of carbonyl (C=O) groups is 5. The molecule has 2 aromatic rings. The van der Waals surface area contributed by atoms with Crippen molar-refractivity contribution in [2.24, 2.45) is 5.73 Å². The van der Waals surface area contributed by atoms with Gasteiger partial charge in [0, 0.05) is 19.2 Å². The third kappa shape index (κ3) is 7.03. The van der Waals surface area contributed by atoms with Gasteiger partial charge in [0.2, 0.25) is 0 Å². The largest absolute Gasteiger partial charge is 0.489 e. The fourth-order valence-electron chi connectivity index (χ4n) is 4.21. The van der Waals surface area contributed by atoms with Gasteiger partial charge in [-0.25, -0.2) is 9.59 Å². The number of esters is 1. The summed E-state index contributed by atoms with van der Waals surface area (Å²) in [6, 6.07) is 5.67. The Balaban J connectivity index is 2.09. The van der Waals surface area contributed by atoms with Crippen LogP contribution >= 0.6 is 0 Å². The monoisotopic (exact) mass is 556 g/mol. The molecule has 40 heavy (non-hydrogen) atoms. The number of ether oxygens (including phenoxy) is 2. The molecular formula is C26H28N4O10. The van der Waals surface area contributed by atoms with Crippen molar-refractivity contribution in [1.29, 1.82) is 5.41 Å². The first-order valence-corrected chi connectivity index (χ1v) is 12.1. The predicted octanol–water partition coefficient (Wildman–Crippen LogP) is 1.55. The Labute approximate surface area is 227 Å². The number of likely N-dealkylation sites (N-methyl/N-ethyl adjacent to an activating group) is 1. The zero-order valence-corrected chi connectivity index (χ0v) is 21.4. The van der Waals surface area contributed by atoms with Crippen LogP contribution in [0.1, 0.15) is 51.1 Å². The lowest BCUT2D eigenvalue weighted by Gasteiger charge is -2.27. The first-order valence-electron chi connectivity index (χ1n) is 12.1. The van der Waals surface area contributed by atoms with Crippen LogP contribution in [0.25, 0.3) is 0 Å². The third-order valence-electron chi connectivity index (χ3n) is 6.11. The van der Waals surface area contributed by atoms with Crippen molar-refractivity contribution in [1.82, 2.24) is 4.90 Å². The van der Waals surface area contributed by atoms with Gasteiger partial charge < -0.3 is 40.7 Å². The van der Waals surface area contributed by atoms with Crippen molar-refractivity contribution >= 4 is 41.4 Å². The van der Waals surface area contributed by atoms with Crippen molar-refractivity contribution in [3.63, 3.8) is 0 Å². The average Bonchev–Trinajstić information content (AvgIpc) is 2.87. The van der Waals surface area contributed by atoms with Crippen LogP contribution in [0.15, 0.2) is 30.3 Å². The second-order valence-electron chi connectivity index (χ2n) is 8.94. The number of nitrogens with two attached hydrogens (primary N) is 1. The molecule has 3 rings (SSSR count). The quantitative estimate of drug-likeness (QED) is 0.112. The number of guanidine groups is 1. The van der Waals surface area contributed by atoms with Gasteiger partial charge in [-0.05, 0) is 54.7 Å². The minimum Gasteiger partial charge on any atom is -0.489 e. The van der Waals surface area contributed by atoms with Crippen molar-refractivity contribution in [3.05, 3.63) is 52.6 Å². The Kier molecular flexibility index (Phi) is 9.27. The molecule has 2 aromatic carbocycles. The molecule has 212 valence electrons. The highest BCUT2D eigenvalue weighted by atomic mass is 16.6. The van der Waals surface area contributed by atoms with Gasteiger partial charge >= 0.3 is 23.9 Å². The summed E-state index contributed by atoms with van der Waals surface area (Å²) in [5.41, 5.74) is 6.64. The first kappa shape index (κ1) is 29.4. The van der Waals surface area contributed by atoms with Gasteiger partial charge in [-0.1, -0.05) is 6.07 Å². The lowest BCUT2D eigenvalue weighted by atomic mass is 9.98. The SMILES string of the molecule is CN(C(=O)c1c(CCC(=O)O)ccc2c1OCCCc1cc(NC(=N)N)ccc1C(=O)O2)[C@@H](CC(=O)O)C(=O)O. The van der Waals surface area contributed by atoms with E-state index in [9.17, 15) is 34.2 Å². The Morgan fingerprint density at radius 2 is 1.85 bits per heavy atom. The number of amides is 1. The number of carboxylic acid groups (broad SMARTS) is 3. The Morgan fingerprint density at radius 1 is 1.12 bits per heavy atom. The number of fused-ring (bicyclic) bond motifs is 2. The van der Waals surface area contributed by atoms with Gasteiger partial charge in [-0.3, -0.25) is 19.8 Å². The summed E-state index contributed by atoms with van der Waals surface area (Å²) in [4.78, 5) is 61.8. The molecule has 14 nitrogen and oxygen atoms in total. The van der Waals surface area contributed by atoms with Gasteiger partial charge in [-0.15, -0.1) is 0 Å². The van der Waals surface area contributed by atoms with E-state index in [4.69, 9.17) is 25.7 Å². The van der Waals surface area contributed by atoms with Crippen LogP contribution in [0.2, 0.25) is 0 Å². The summed E-state index contributed by atoms with van der Waals surface area (Å²) in [5, 5.41) is 38.0. The van der Waals surface area contributed by atoms with Crippen LogP contribution in [0.5, 0.6) is 11.5 Å². The highest BCUT2D eigenvalue weighted by Crippen LogP contribution is 2.37. The molecule has 0 bridgehead atoms. The van der Waals surface area contributed by atoms with Crippen LogP contribution in [0, 0.1) is 5.41 Å². The third-order valence-corrected chi connectivity index (χ3v) is 6.11. The first-order chi connectivity index (χ1) is 18.9. The molecule has 7 N–H and O–H groups in total. The van der Waals surface area contributed by atoms with Crippen LogP contribution in [-0.2, 0) is 27.2 Å². The molecule has 0 fully saturated rings. The number of aliphatic carboxylic acids is 3. The van der Waals surface area contributed by atoms with Crippen LogP contribution in [0.3, 0.4) is 0 Å². The van der Waals surface area contributed by atoms with E-state index in [0.717, 1.165) is 11.9 Å². The predicted molar refractivity (Wildman–Crippen MR) is 139 cm³/mol. The second-order valence-corrected chi connectivity index (χ2v) is 8.94. The zero-order chi connectivity index (χ0) is 29.6. The molecule has 1 amide bonds. The van der Waals surface area contributed by atoms with Gasteiger partial charge in [-0.2, -0.15) is 0 Å². The molecule has 0 radical (unpaired) electrons. The topological polar surface area (TPSA) is 230 Å². The summed E-state index contributed by atoms with van der Waals surface area (Å²) >= 11 is 0. The molecule has 0 saturated heterocycles. The van der Waals surface area contributed by atoms with E-state index in [1.54, 1.807) is 6.07 Å². The number of carboxylic acids is 3. The zero-order valence-electron chi connectivity index (χ0n) is 21.4. The number of hydrogen-bond donors (Lipinski definition) is 6. The lowest BCUT2D eigenvalue weighted by molar-refractivity contribution is -0.148. The fourth-order valence-corrected chi connectivity index (χ4v) is 4.21. The maximum absolute atomic E-state index is 13.6. The second kappa shape index (κ2) is 12.6. The maximum Gasteiger partial charge on any atom is 0.343 e. The molecule has 0 unspecified atom stereocenters. The minimum atomic E-state index is -1.74. The van der Waals surface area contributed by atoms with E-state index in [1.165, 1.54) is 24.3 Å². The summed E-state index contributed by atoms with van der Waals surface area (Å²) < 4.78 is 11.5. The Morgan fingerprint density at radius 3 is 2.48 bits per heavy atom. The van der Waals surface area contributed by atoms with E-state index in [2.05, 4.69) is 5.32 Å². The minimum absolute atomic E-state index is 0.0260. The molecule has 1 atom stereocenters. The normalized spacial score (nSPS) is 13.4. The van der Waals surface area contributed by atoms with E-state index in [1.807, 2.05) is 0 Å². The van der Waals surface area contributed by atoms with E-state index in [-0.39, 0.29) is 53.6 Å². The van der Waals surface area contributed by atoms with Crippen molar-refractivity contribution in [2.45, 2.75) is 38.1 Å². The Hall–Kier alpha value is -5.14. The molecule has 0 saturated carbocycles. The van der Waals surface area contributed by atoms with Gasteiger partial charge in [0.1, 0.15) is 6.04 Å². The molecule has 0 spiro atoms. The number of nitrogens with zero attached hydrogens (tertiary/aromatic N) is 1. The number of aryl methyl sites for hydroxylation is 2. The van der Waals surface area contributed by atoms with Gasteiger partial charge in [0.15, 0.2) is 17.5 Å². The summed E-state index contributed by atoms with van der Waals surface area (Å²) in [6.07, 6.45) is -0.688. The average molecular weight is 557 g/mol. The molecule has 0 aliphatic carbocycles. The van der Waals surface area contributed by atoms with Crippen LogP contribution < -0.4 is 20.5 Å². The lowest BCUT2D eigenvalue weighted by Crippen LogP contribution is -2.44. The number of nitrogens with one attached hydrogen (secondary N) is 2. The van der Waals surface area contributed by atoms with E-state index >= 15 is 0 Å². The summed E-state index contributed by atoms with van der Waals surface area (Å²) in [6.45, 7) is 0.0260. The summed E-state index contributed by atoms with van der Waals surface area (Å²) in [7, 11) is 1.11. The standard InChI is InChI=1S/C26H28N4O10/c1-30(17(24(36)37)12-20(33)34)23(35)21-13(5-9-19(31)32)4-8-18-22(21)39-10-2-3-14-11-15(29-26(27)28)6-7-16(14)25(38)40-18/h4,6-8,11,17H,2-3,5,9-10,12H2,1H3,(H,31,32)(H,33,34)(H,36,37)(H4,27,28,29)/t17-/m0/s1. The molecule has 0 aromatic heterocycles. The molecule has 1 aliphatic rings. The smallest absolute Gasteiger partial charge is 0.343 e. The fraction of sp³-hybridized carbons (Fsp3) is 0.308. The van der Waals surface area contributed by atoms with Crippen molar-refractivity contribution in [2.75, 3.05) is 19.0 Å². The van der Waals surface area contributed by atoms with Crippen molar-refractivity contribution in [3.8, 4) is 11.5 Å². The number of anilines is 1. The molecular weight excluding hydrogens is 528 g/mol. The van der Waals surface area contributed by atoms with Crippen LogP contribution in [-0.4, -0.2) is 75.7 Å².